The van der Waals surface area contributed by atoms with E-state index in [9.17, 15) is 18.5 Å². The summed E-state index contributed by atoms with van der Waals surface area (Å²) in [5.41, 5.74) is 0.642. The normalized spacial score (nSPS) is 16.3. The maximum Gasteiger partial charge on any atom is 0.274 e. The number of ether oxygens (including phenoxy) is 1. The monoisotopic (exact) mass is 419 g/mol. The van der Waals surface area contributed by atoms with Crippen molar-refractivity contribution in [3.63, 3.8) is 0 Å². The molecule has 2 aromatic carbocycles. The molecule has 0 unspecified atom stereocenters. The van der Waals surface area contributed by atoms with Crippen molar-refractivity contribution in [3.05, 3.63) is 58.6 Å². The molecule has 4 rings (SSSR count). The zero-order valence-corrected chi connectivity index (χ0v) is 16.4. The summed E-state index contributed by atoms with van der Waals surface area (Å²) >= 11 is 1.47. The number of aromatic nitrogens is 1. The van der Waals surface area contributed by atoms with Crippen LogP contribution >= 0.6 is 11.3 Å². The highest BCUT2D eigenvalue weighted by molar-refractivity contribution is 7.89. The zero-order valence-electron chi connectivity index (χ0n) is 14.7. The highest BCUT2D eigenvalue weighted by atomic mass is 32.2. The maximum absolute atomic E-state index is 12.8. The molecule has 0 amide bonds. The summed E-state index contributed by atoms with van der Waals surface area (Å²) in [7, 11) is -3.77. The van der Waals surface area contributed by atoms with E-state index in [0.29, 0.717) is 31.1 Å². The number of hydrogen-bond acceptors (Lipinski definition) is 7. The molecule has 146 valence electrons. The van der Waals surface area contributed by atoms with Gasteiger partial charge in [0.25, 0.3) is 10.9 Å². The molecule has 0 N–H and O–H groups in total. The zero-order chi connectivity index (χ0) is 19.7. The van der Waals surface area contributed by atoms with Crippen LogP contribution in [0.5, 0.6) is 5.19 Å². The predicted molar refractivity (Wildman–Crippen MR) is 105 cm³/mol. The van der Waals surface area contributed by atoms with Gasteiger partial charge in [-0.3, -0.25) is 10.1 Å². The van der Waals surface area contributed by atoms with Crippen LogP contribution in [0.2, 0.25) is 0 Å². The molecule has 0 spiro atoms. The van der Waals surface area contributed by atoms with E-state index in [0.717, 1.165) is 16.3 Å². The van der Waals surface area contributed by atoms with Crippen LogP contribution < -0.4 is 4.74 Å². The number of sulfonamides is 1. The molecule has 10 heteroatoms. The van der Waals surface area contributed by atoms with Gasteiger partial charge in [-0.15, -0.1) is 0 Å². The van der Waals surface area contributed by atoms with Crippen molar-refractivity contribution in [3.8, 4) is 5.19 Å². The Morgan fingerprint density at radius 2 is 1.89 bits per heavy atom. The Balaban J connectivity index is 1.43. The summed E-state index contributed by atoms with van der Waals surface area (Å²) in [6.45, 7) is 0.584. The molecule has 1 aliphatic rings. The molecule has 28 heavy (non-hydrogen) atoms. The molecule has 0 saturated carbocycles. The summed E-state index contributed by atoms with van der Waals surface area (Å²) in [6.07, 6.45) is 0.950. The standard InChI is InChI=1S/C18H17N3O5S2/c22-21(23)13-4-3-5-15(12-13)28(24,25)20-10-8-14(9-11-20)26-18-19-16-6-1-2-7-17(16)27-18/h1-7,12,14H,8-11H2. The first-order valence-electron chi connectivity index (χ1n) is 8.70. The van der Waals surface area contributed by atoms with E-state index in [4.69, 9.17) is 4.74 Å². The third-order valence-corrected chi connectivity index (χ3v) is 7.43. The molecule has 1 saturated heterocycles. The molecule has 0 bridgehead atoms. The minimum atomic E-state index is -3.77. The lowest BCUT2D eigenvalue weighted by molar-refractivity contribution is -0.385. The Bertz CT molecular complexity index is 1090. The summed E-state index contributed by atoms with van der Waals surface area (Å²) in [5, 5.41) is 11.5. The highest BCUT2D eigenvalue weighted by Gasteiger charge is 2.31. The Morgan fingerprint density at radius 1 is 1.14 bits per heavy atom. The van der Waals surface area contributed by atoms with Gasteiger partial charge in [0.05, 0.1) is 20.0 Å². The maximum atomic E-state index is 12.8. The quantitative estimate of drug-likeness (QED) is 0.464. The summed E-state index contributed by atoms with van der Waals surface area (Å²) in [5.74, 6) is 0. The number of thiazole rings is 1. The minimum absolute atomic E-state index is 0.0627. The van der Waals surface area contributed by atoms with E-state index in [1.165, 1.54) is 33.8 Å². The Kier molecular flexibility index (Phi) is 5.00. The SMILES string of the molecule is O=[N+]([O-])c1cccc(S(=O)(=O)N2CCC(Oc3nc4ccccc4s3)CC2)c1. The average Bonchev–Trinajstić information content (AvgIpc) is 3.10. The second-order valence-electron chi connectivity index (χ2n) is 6.42. The fourth-order valence-corrected chi connectivity index (χ4v) is 5.53. The van der Waals surface area contributed by atoms with Crippen LogP contribution in [0.4, 0.5) is 5.69 Å². The van der Waals surface area contributed by atoms with Crippen LogP contribution in [0.25, 0.3) is 10.2 Å². The largest absolute Gasteiger partial charge is 0.467 e. The first-order valence-corrected chi connectivity index (χ1v) is 11.0. The van der Waals surface area contributed by atoms with Gasteiger partial charge >= 0.3 is 0 Å². The molecule has 3 aromatic rings. The Hall–Kier alpha value is -2.56. The van der Waals surface area contributed by atoms with Crippen LogP contribution in [-0.4, -0.2) is 41.8 Å². The van der Waals surface area contributed by atoms with E-state index in [1.807, 2.05) is 24.3 Å². The fourth-order valence-electron chi connectivity index (χ4n) is 3.14. The van der Waals surface area contributed by atoms with E-state index in [2.05, 4.69) is 4.98 Å². The molecule has 0 radical (unpaired) electrons. The lowest BCUT2D eigenvalue weighted by atomic mass is 10.1. The van der Waals surface area contributed by atoms with Crippen LogP contribution in [0.15, 0.2) is 53.4 Å². The van der Waals surface area contributed by atoms with Gasteiger partial charge < -0.3 is 4.74 Å². The van der Waals surface area contributed by atoms with Gasteiger partial charge in [0.2, 0.25) is 10.0 Å². The Labute approximate surface area is 165 Å². The highest BCUT2D eigenvalue weighted by Crippen LogP contribution is 2.30. The molecule has 1 fully saturated rings. The fraction of sp³-hybridized carbons (Fsp3) is 0.278. The molecule has 2 heterocycles. The lowest BCUT2D eigenvalue weighted by Crippen LogP contribution is -2.41. The first kappa shape index (κ1) is 18.8. The van der Waals surface area contributed by atoms with Gasteiger partial charge in [0, 0.05) is 25.2 Å². The van der Waals surface area contributed by atoms with Crippen molar-refractivity contribution in [2.45, 2.75) is 23.8 Å². The van der Waals surface area contributed by atoms with E-state index >= 15 is 0 Å². The molecule has 0 aliphatic carbocycles. The topological polar surface area (TPSA) is 103 Å². The summed E-state index contributed by atoms with van der Waals surface area (Å²) < 4.78 is 33.9. The van der Waals surface area contributed by atoms with Crippen molar-refractivity contribution in [2.75, 3.05) is 13.1 Å². The van der Waals surface area contributed by atoms with Crippen molar-refractivity contribution < 1.29 is 18.1 Å². The number of benzene rings is 2. The molecule has 8 nitrogen and oxygen atoms in total. The van der Waals surface area contributed by atoms with Crippen molar-refractivity contribution in [2.24, 2.45) is 0 Å². The van der Waals surface area contributed by atoms with Crippen LogP contribution in [0.1, 0.15) is 12.8 Å². The van der Waals surface area contributed by atoms with Crippen LogP contribution in [-0.2, 0) is 10.0 Å². The van der Waals surface area contributed by atoms with Crippen molar-refractivity contribution in [1.29, 1.82) is 0 Å². The van der Waals surface area contributed by atoms with Crippen molar-refractivity contribution >= 4 is 37.3 Å². The number of piperidine rings is 1. The lowest BCUT2D eigenvalue weighted by Gasteiger charge is -2.30. The van der Waals surface area contributed by atoms with Gasteiger partial charge in [0.15, 0.2) is 0 Å². The predicted octanol–water partition coefficient (Wildman–Crippen LogP) is 3.44. The Morgan fingerprint density at radius 3 is 2.61 bits per heavy atom. The van der Waals surface area contributed by atoms with Gasteiger partial charge in [-0.2, -0.15) is 4.31 Å². The average molecular weight is 419 g/mol. The van der Waals surface area contributed by atoms with E-state index < -0.39 is 14.9 Å². The summed E-state index contributed by atoms with van der Waals surface area (Å²) in [4.78, 5) is 14.7. The second kappa shape index (κ2) is 7.46. The first-order chi connectivity index (χ1) is 13.4. The van der Waals surface area contributed by atoms with Crippen LogP contribution in [0.3, 0.4) is 0 Å². The van der Waals surface area contributed by atoms with Gasteiger partial charge in [-0.05, 0) is 31.0 Å². The number of fused-ring (bicyclic) bond motifs is 1. The van der Waals surface area contributed by atoms with E-state index in [1.54, 1.807) is 0 Å². The molecular weight excluding hydrogens is 402 g/mol. The smallest absolute Gasteiger partial charge is 0.274 e. The van der Waals surface area contributed by atoms with Crippen molar-refractivity contribution in [1.82, 2.24) is 9.29 Å². The number of non-ortho nitro benzene ring substituents is 1. The number of nitro benzene ring substituents is 1. The number of nitrogens with zero attached hydrogens (tertiary/aromatic N) is 3. The second-order valence-corrected chi connectivity index (χ2v) is 9.35. The van der Waals surface area contributed by atoms with Gasteiger partial charge in [-0.1, -0.05) is 29.5 Å². The summed E-state index contributed by atoms with van der Waals surface area (Å²) in [6, 6.07) is 12.9. The molecule has 1 aromatic heterocycles. The minimum Gasteiger partial charge on any atom is -0.467 e. The molecule has 0 atom stereocenters. The van der Waals surface area contributed by atoms with Gasteiger partial charge in [0.1, 0.15) is 6.10 Å². The third-order valence-electron chi connectivity index (χ3n) is 4.61. The van der Waals surface area contributed by atoms with Gasteiger partial charge in [-0.25, -0.2) is 13.4 Å². The number of para-hydroxylation sites is 1. The number of rotatable bonds is 5. The number of nitro groups is 1. The number of hydrogen-bond donors (Lipinski definition) is 0. The van der Waals surface area contributed by atoms with Crippen LogP contribution in [0, 0.1) is 10.1 Å². The van der Waals surface area contributed by atoms with E-state index in [-0.39, 0.29) is 16.7 Å². The molecular formula is C18H17N3O5S2. The third kappa shape index (κ3) is 3.71. The molecule has 1 aliphatic heterocycles.